The van der Waals surface area contributed by atoms with Crippen LogP contribution in [0.5, 0.6) is 0 Å². The van der Waals surface area contributed by atoms with Crippen LogP contribution in [-0.4, -0.2) is 48.9 Å². The lowest BCUT2D eigenvalue weighted by atomic mass is 10.1. The van der Waals surface area contributed by atoms with E-state index < -0.39 is 23.2 Å². The average molecular weight is 401 g/mol. The van der Waals surface area contributed by atoms with Crippen molar-refractivity contribution < 1.29 is 23.0 Å². The molecule has 2 aromatic carbocycles. The highest BCUT2D eigenvalue weighted by atomic mass is 19.1. The summed E-state index contributed by atoms with van der Waals surface area (Å²) in [5.41, 5.74) is 0.0558. The van der Waals surface area contributed by atoms with Crippen LogP contribution in [0.15, 0.2) is 41.2 Å². The van der Waals surface area contributed by atoms with E-state index in [0.29, 0.717) is 26.3 Å². The van der Waals surface area contributed by atoms with Gasteiger partial charge in [-0.1, -0.05) is 0 Å². The third kappa shape index (κ3) is 3.56. The summed E-state index contributed by atoms with van der Waals surface area (Å²) in [6, 6.07) is 7.24. The van der Waals surface area contributed by atoms with E-state index in [1.807, 2.05) is 0 Å². The van der Waals surface area contributed by atoms with Gasteiger partial charge in [-0.25, -0.2) is 23.1 Å². The maximum absolute atomic E-state index is 13.9. The molecule has 1 aromatic heterocycles. The van der Waals surface area contributed by atoms with E-state index in [1.54, 1.807) is 4.90 Å². The maximum atomic E-state index is 13.9. The number of hydrogen-bond donors (Lipinski definition) is 0. The van der Waals surface area contributed by atoms with Gasteiger partial charge in [0.25, 0.3) is 5.56 Å². The number of ether oxygens (including phenoxy) is 2. The van der Waals surface area contributed by atoms with Crippen molar-refractivity contribution in [2.75, 3.05) is 38.3 Å². The number of hydrogen-bond acceptors (Lipinski definition) is 6. The predicted molar refractivity (Wildman–Crippen MR) is 102 cm³/mol. The molecule has 0 spiro atoms. The fourth-order valence-corrected chi connectivity index (χ4v) is 3.30. The second-order valence-electron chi connectivity index (χ2n) is 6.50. The number of carbonyl (C=O) groups is 1. The Balaban J connectivity index is 2.00. The Hall–Kier alpha value is -3.33. The lowest BCUT2D eigenvalue weighted by Crippen LogP contribution is -2.40. The molecule has 0 amide bonds. The van der Waals surface area contributed by atoms with Crippen molar-refractivity contribution in [1.82, 2.24) is 9.55 Å². The molecule has 0 atom stereocenters. The number of nitrogens with zero attached hydrogens (tertiary/aromatic N) is 3. The number of anilines is 1. The normalized spacial score (nSPS) is 14.2. The van der Waals surface area contributed by atoms with E-state index >= 15 is 0 Å². The molecular weight excluding hydrogens is 384 g/mol. The SMILES string of the molecule is COC(=O)c1ccc2c(=O)n(-c3cc(F)cc(F)c3)c(N3CCOCC3)nc2c1. The van der Waals surface area contributed by atoms with Crippen LogP contribution in [0.1, 0.15) is 10.4 Å². The van der Waals surface area contributed by atoms with Crippen molar-refractivity contribution in [2.24, 2.45) is 0 Å². The number of esters is 1. The molecule has 0 unspecified atom stereocenters. The number of aromatic nitrogens is 2. The van der Waals surface area contributed by atoms with Crippen LogP contribution in [0.3, 0.4) is 0 Å². The van der Waals surface area contributed by atoms with Gasteiger partial charge in [0.05, 0.1) is 42.5 Å². The second kappa shape index (κ2) is 7.59. The molecule has 0 radical (unpaired) electrons. The molecule has 0 saturated carbocycles. The monoisotopic (exact) mass is 401 g/mol. The molecule has 1 saturated heterocycles. The Bertz CT molecular complexity index is 1140. The fraction of sp³-hybridized carbons (Fsp3) is 0.250. The molecule has 4 rings (SSSR count). The van der Waals surface area contributed by atoms with E-state index in [-0.39, 0.29) is 28.1 Å². The van der Waals surface area contributed by atoms with E-state index in [0.717, 1.165) is 18.2 Å². The molecule has 150 valence electrons. The first-order valence-corrected chi connectivity index (χ1v) is 8.92. The summed E-state index contributed by atoms with van der Waals surface area (Å²) < 4.78 is 39.0. The Morgan fingerprint density at radius 1 is 1.10 bits per heavy atom. The number of carbonyl (C=O) groups excluding carboxylic acids is 1. The lowest BCUT2D eigenvalue weighted by molar-refractivity contribution is 0.0601. The Morgan fingerprint density at radius 2 is 1.79 bits per heavy atom. The first kappa shape index (κ1) is 19.0. The molecule has 7 nitrogen and oxygen atoms in total. The summed E-state index contributed by atoms with van der Waals surface area (Å²) in [4.78, 5) is 31.5. The number of rotatable bonds is 3. The van der Waals surface area contributed by atoms with E-state index in [1.165, 1.54) is 29.9 Å². The molecule has 0 N–H and O–H groups in total. The van der Waals surface area contributed by atoms with Gasteiger partial charge in [0.1, 0.15) is 11.6 Å². The summed E-state index contributed by atoms with van der Waals surface area (Å²) in [6.45, 7) is 1.75. The van der Waals surface area contributed by atoms with Gasteiger partial charge in [0.15, 0.2) is 0 Å². The maximum Gasteiger partial charge on any atom is 0.337 e. The van der Waals surface area contributed by atoms with E-state index in [2.05, 4.69) is 4.98 Å². The fourth-order valence-electron chi connectivity index (χ4n) is 3.30. The zero-order chi connectivity index (χ0) is 20.5. The molecule has 3 aromatic rings. The molecule has 2 heterocycles. The topological polar surface area (TPSA) is 73.7 Å². The zero-order valence-electron chi connectivity index (χ0n) is 15.5. The van der Waals surface area contributed by atoms with Crippen molar-refractivity contribution in [3.63, 3.8) is 0 Å². The van der Waals surface area contributed by atoms with Gasteiger partial charge in [-0.05, 0) is 30.3 Å². The van der Waals surface area contributed by atoms with Gasteiger partial charge < -0.3 is 14.4 Å². The van der Waals surface area contributed by atoms with Crippen LogP contribution >= 0.6 is 0 Å². The molecule has 0 bridgehead atoms. The third-order valence-electron chi connectivity index (χ3n) is 4.67. The number of fused-ring (bicyclic) bond motifs is 1. The van der Waals surface area contributed by atoms with Crippen LogP contribution in [-0.2, 0) is 9.47 Å². The standard InChI is InChI=1S/C20H17F2N3O4/c1-28-19(27)12-2-3-16-17(8-12)23-20(24-4-6-29-7-5-24)25(18(16)26)15-10-13(21)9-14(22)11-15/h2-3,8-11H,4-7H2,1H3. The molecule has 1 aliphatic rings. The first-order valence-electron chi connectivity index (χ1n) is 8.92. The van der Waals surface area contributed by atoms with Crippen molar-refractivity contribution in [3.8, 4) is 5.69 Å². The number of halogens is 2. The van der Waals surface area contributed by atoms with E-state index in [9.17, 15) is 18.4 Å². The highest BCUT2D eigenvalue weighted by molar-refractivity contribution is 5.94. The highest BCUT2D eigenvalue weighted by Crippen LogP contribution is 2.22. The van der Waals surface area contributed by atoms with E-state index in [4.69, 9.17) is 9.47 Å². The average Bonchev–Trinajstić information content (AvgIpc) is 2.72. The Morgan fingerprint density at radius 3 is 2.45 bits per heavy atom. The van der Waals surface area contributed by atoms with Gasteiger partial charge in [-0.15, -0.1) is 0 Å². The minimum atomic E-state index is -0.805. The van der Waals surface area contributed by atoms with Gasteiger partial charge in [-0.2, -0.15) is 0 Å². The van der Waals surface area contributed by atoms with Crippen molar-refractivity contribution in [3.05, 3.63) is 63.9 Å². The molecular formula is C20H17F2N3O4. The lowest BCUT2D eigenvalue weighted by Gasteiger charge is -2.30. The minimum Gasteiger partial charge on any atom is -0.465 e. The molecule has 29 heavy (non-hydrogen) atoms. The first-order chi connectivity index (χ1) is 14.0. The van der Waals surface area contributed by atoms with Crippen LogP contribution in [0, 0.1) is 11.6 Å². The molecule has 1 fully saturated rings. The molecule has 0 aliphatic carbocycles. The van der Waals surface area contributed by atoms with Gasteiger partial charge in [-0.3, -0.25) is 4.79 Å². The number of benzene rings is 2. The molecule has 9 heteroatoms. The minimum absolute atomic E-state index is 0.0282. The third-order valence-corrected chi connectivity index (χ3v) is 4.67. The summed E-state index contributed by atoms with van der Waals surface area (Å²) in [5.74, 6) is -1.95. The van der Waals surface area contributed by atoms with Crippen molar-refractivity contribution in [2.45, 2.75) is 0 Å². The highest BCUT2D eigenvalue weighted by Gasteiger charge is 2.22. The second-order valence-corrected chi connectivity index (χ2v) is 6.50. The Labute approximate surface area is 164 Å². The smallest absolute Gasteiger partial charge is 0.337 e. The predicted octanol–water partition coefficient (Wildman–Crippen LogP) is 2.29. The molecule has 1 aliphatic heterocycles. The van der Waals surface area contributed by atoms with Gasteiger partial charge in [0.2, 0.25) is 5.95 Å². The zero-order valence-corrected chi connectivity index (χ0v) is 15.5. The van der Waals surface area contributed by atoms with Crippen LogP contribution in [0.2, 0.25) is 0 Å². The summed E-state index contributed by atoms with van der Waals surface area (Å²) in [6.07, 6.45) is 0. The van der Waals surface area contributed by atoms with Crippen molar-refractivity contribution >= 4 is 22.8 Å². The van der Waals surface area contributed by atoms with Gasteiger partial charge >= 0.3 is 5.97 Å². The quantitative estimate of drug-likeness (QED) is 0.627. The number of morpholine rings is 1. The largest absolute Gasteiger partial charge is 0.465 e. The van der Waals surface area contributed by atoms with Crippen LogP contribution in [0.25, 0.3) is 16.6 Å². The van der Waals surface area contributed by atoms with Crippen LogP contribution in [0.4, 0.5) is 14.7 Å². The summed E-state index contributed by atoms with van der Waals surface area (Å²) >= 11 is 0. The van der Waals surface area contributed by atoms with Crippen molar-refractivity contribution in [1.29, 1.82) is 0 Å². The van der Waals surface area contributed by atoms with Crippen LogP contribution < -0.4 is 10.5 Å². The Kier molecular flexibility index (Phi) is 4.98. The van der Waals surface area contributed by atoms with Gasteiger partial charge in [0, 0.05) is 19.2 Å². The number of methoxy groups -OCH3 is 1. The summed E-state index contributed by atoms with van der Waals surface area (Å²) in [7, 11) is 1.26. The summed E-state index contributed by atoms with van der Waals surface area (Å²) in [5, 5.41) is 0.208.